The molecule has 0 N–H and O–H groups in total. The standard InChI is InChI=1S/C13H15BrFN3O2/c14-10-5-11(15)12(16-6-10)18-7-9(8-18)13(19)17-1-3-20-4-2-17/h5-6,9H,1-4,7-8H2. The molecule has 0 radical (unpaired) electrons. The molecule has 108 valence electrons. The minimum atomic E-state index is -0.364. The molecule has 0 spiro atoms. The molecule has 0 unspecified atom stereocenters. The number of morpholine rings is 1. The highest BCUT2D eigenvalue weighted by molar-refractivity contribution is 9.10. The molecule has 2 aliphatic heterocycles. The van der Waals surface area contributed by atoms with E-state index >= 15 is 0 Å². The first-order valence-electron chi connectivity index (χ1n) is 6.57. The van der Waals surface area contributed by atoms with Crippen molar-refractivity contribution in [2.75, 3.05) is 44.3 Å². The average Bonchev–Trinajstić information content (AvgIpc) is 2.40. The summed E-state index contributed by atoms with van der Waals surface area (Å²) in [6.07, 6.45) is 1.57. The Kier molecular flexibility index (Phi) is 3.89. The summed E-state index contributed by atoms with van der Waals surface area (Å²) in [7, 11) is 0. The molecule has 1 aromatic heterocycles. The molecule has 0 aromatic carbocycles. The van der Waals surface area contributed by atoms with Crippen LogP contribution in [0.4, 0.5) is 10.2 Å². The van der Waals surface area contributed by atoms with Crippen LogP contribution in [0.1, 0.15) is 0 Å². The minimum absolute atomic E-state index is 0.0575. The summed E-state index contributed by atoms with van der Waals surface area (Å²) in [4.78, 5) is 19.9. The molecule has 20 heavy (non-hydrogen) atoms. The van der Waals surface area contributed by atoms with Crippen LogP contribution in [0.25, 0.3) is 0 Å². The Bertz CT molecular complexity index is 516. The second-order valence-electron chi connectivity index (χ2n) is 5.00. The number of hydrogen-bond donors (Lipinski definition) is 0. The van der Waals surface area contributed by atoms with Crippen LogP contribution in [0.15, 0.2) is 16.7 Å². The van der Waals surface area contributed by atoms with E-state index in [0.29, 0.717) is 49.7 Å². The zero-order valence-electron chi connectivity index (χ0n) is 10.9. The van der Waals surface area contributed by atoms with Gasteiger partial charge in [-0.2, -0.15) is 0 Å². The number of carbonyl (C=O) groups is 1. The molecule has 1 aromatic rings. The van der Waals surface area contributed by atoms with Gasteiger partial charge in [0.1, 0.15) is 0 Å². The van der Waals surface area contributed by atoms with Crippen molar-refractivity contribution in [3.8, 4) is 0 Å². The van der Waals surface area contributed by atoms with Crippen molar-refractivity contribution in [1.82, 2.24) is 9.88 Å². The Morgan fingerprint density at radius 3 is 2.75 bits per heavy atom. The summed E-state index contributed by atoms with van der Waals surface area (Å²) < 4.78 is 19.6. The summed E-state index contributed by atoms with van der Waals surface area (Å²) in [5, 5.41) is 0. The summed E-state index contributed by atoms with van der Waals surface area (Å²) in [5.41, 5.74) is 0. The molecule has 5 nitrogen and oxygen atoms in total. The zero-order chi connectivity index (χ0) is 14.1. The molecular formula is C13H15BrFN3O2. The molecule has 3 heterocycles. The number of hydrogen-bond acceptors (Lipinski definition) is 4. The maximum Gasteiger partial charge on any atom is 0.229 e. The van der Waals surface area contributed by atoms with Gasteiger partial charge < -0.3 is 14.5 Å². The van der Waals surface area contributed by atoms with Gasteiger partial charge in [-0.05, 0) is 22.0 Å². The first-order valence-corrected chi connectivity index (χ1v) is 7.37. The molecule has 0 aliphatic carbocycles. The average molecular weight is 344 g/mol. The topological polar surface area (TPSA) is 45.7 Å². The number of anilines is 1. The number of ether oxygens (including phenoxy) is 1. The van der Waals surface area contributed by atoms with Gasteiger partial charge in [-0.1, -0.05) is 0 Å². The first-order chi connectivity index (χ1) is 9.65. The number of rotatable bonds is 2. The van der Waals surface area contributed by atoms with E-state index in [9.17, 15) is 9.18 Å². The van der Waals surface area contributed by atoms with E-state index in [1.807, 2.05) is 4.90 Å². The van der Waals surface area contributed by atoms with Gasteiger partial charge in [0.25, 0.3) is 0 Å². The Morgan fingerprint density at radius 1 is 1.40 bits per heavy atom. The monoisotopic (exact) mass is 343 g/mol. The van der Waals surface area contributed by atoms with Gasteiger partial charge >= 0.3 is 0 Å². The van der Waals surface area contributed by atoms with Crippen LogP contribution >= 0.6 is 15.9 Å². The quantitative estimate of drug-likeness (QED) is 0.811. The SMILES string of the molecule is O=C(C1CN(c2ncc(Br)cc2F)C1)N1CCOCC1. The van der Waals surface area contributed by atoms with Crippen molar-refractivity contribution >= 4 is 27.7 Å². The Labute approximate surface area is 124 Å². The largest absolute Gasteiger partial charge is 0.378 e. The van der Waals surface area contributed by atoms with Crippen molar-refractivity contribution in [2.45, 2.75) is 0 Å². The Balaban J connectivity index is 1.59. The molecule has 0 saturated carbocycles. The van der Waals surface area contributed by atoms with Gasteiger partial charge in [0.15, 0.2) is 11.6 Å². The second-order valence-corrected chi connectivity index (χ2v) is 5.91. The van der Waals surface area contributed by atoms with Gasteiger partial charge in [0.05, 0.1) is 19.1 Å². The third-order valence-electron chi connectivity index (χ3n) is 3.64. The van der Waals surface area contributed by atoms with Crippen molar-refractivity contribution in [3.63, 3.8) is 0 Å². The van der Waals surface area contributed by atoms with Gasteiger partial charge in [0.2, 0.25) is 5.91 Å². The van der Waals surface area contributed by atoms with Gasteiger partial charge in [-0.15, -0.1) is 0 Å². The van der Waals surface area contributed by atoms with E-state index in [4.69, 9.17) is 4.74 Å². The highest BCUT2D eigenvalue weighted by Crippen LogP contribution is 2.27. The molecule has 3 rings (SSSR count). The molecule has 2 saturated heterocycles. The number of aromatic nitrogens is 1. The van der Waals surface area contributed by atoms with Crippen LogP contribution in [-0.2, 0) is 9.53 Å². The number of nitrogens with zero attached hydrogens (tertiary/aromatic N) is 3. The van der Waals surface area contributed by atoms with Gasteiger partial charge in [-0.25, -0.2) is 9.37 Å². The van der Waals surface area contributed by atoms with E-state index in [1.165, 1.54) is 6.07 Å². The van der Waals surface area contributed by atoms with Crippen LogP contribution in [-0.4, -0.2) is 55.2 Å². The second kappa shape index (κ2) is 5.65. The van der Waals surface area contributed by atoms with Crippen molar-refractivity contribution in [3.05, 3.63) is 22.6 Å². The lowest BCUT2D eigenvalue weighted by atomic mass is 9.98. The highest BCUT2D eigenvalue weighted by Gasteiger charge is 2.37. The summed E-state index contributed by atoms with van der Waals surface area (Å²) >= 11 is 3.18. The fourth-order valence-corrected chi connectivity index (χ4v) is 2.79. The normalized spacial score (nSPS) is 19.9. The molecule has 7 heteroatoms. The number of halogens is 2. The lowest BCUT2D eigenvalue weighted by Gasteiger charge is -2.42. The van der Waals surface area contributed by atoms with Crippen molar-refractivity contribution < 1.29 is 13.9 Å². The molecule has 0 atom stereocenters. The fraction of sp³-hybridized carbons (Fsp3) is 0.538. The van der Waals surface area contributed by atoms with E-state index in [0.717, 1.165) is 0 Å². The molecule has 1 amide bonds. The first kappa shape index (κ1) is 13.8. The molecular weight excluding hydrogens is 329 g/mol. The van der Waals surface area contributed by atoms with Crippen molar-refractivity contribution in [1.29, 1.82) is 0 Å². The van der Waals surface area contributed by atoms with Crippen LogP contribution < -0.4 is 4.90 Å². The Hall–Kier alpha value is -1.21. The van der Waals surface area contributed by atoms with E-state index in [-0.39, 0.29) is 17.6 Å². The summed E-state index contributed by atoms with van der Waals surface area (Å²) in [6.45, 7) is 3.57. The maximum atomic E-state index is 13.8. The van der Waals surface area contributed by atoms with Crippen LogP contribution in [0.5, 0.6) is 0 Å². The lowest BCUT2D eigenvalue weighted by Crippen LogP contribution is -2.56. The third-order valence-corrected chi connectivity index (χ3v) is 4.08. The molecule has 2 fully saturated rings. The van der Waals surface area contributed by atoms with Gasteiger partial charge in [-0.3, -0.25) is 4.79 Å². The third kappa shape index (κ3) is 2.64. The van der Waals surface area contributed by atoms with Crippen LogP contribution in [0.2, 0.25) is 0 Å². The zero-order valence-corrected chi connectivity index (χ0v) is 12.5. The predicted molar refractivity (Wildman–Crippen MR) is 75.0 cm³/mol. The van der Waals surface area contributed by atoms with E-state index < -0.39 is 0 Å². The maximum absolute atomic E-state index is 13.8. The number of pyridine rings is 1. The minimum Gasteiger partial charge on any atom is -0.378 e. The number of carbonyl (C=O) groups excluding carboxylic acids is 1. The van der Waals surface area contributed by atoms with E-state index in [2.05, 4.69) is 20.9 Å². The summed E-state index contributed by atoms with van der Waals surface area (Å²) in [5.74, 6) is 0.0379. The highest BCUT2D eigenvalue weighted by atomic mass is 79.9. The molecule has 0 bridgehead atoms. The van der Waals surface area contributed by atoms with Crippen LogP contribution in [0.3, 0.4) is 0 Å². The summed E-state index contributed by atoms with van der Waals surface area (Å²) in [6, 6.07) is 1.39. The van der Waals surface area contributed by atoms with Crippen LogP contribution in [0, 0.1) is 11.7 Å². The lowest BCUT2D eigenvalue weighted by molar-refractivity contribution is -0.140. The predicted octanol–water partition coefficient (Wildman–Crippen LogP) is 1.28. The van der Waals surface area contributed by atoms with E-state index in [1.54, 1.807) is 11.1 Å². The molecule has 2 aliphatic rings. The Morgan fingerprint density at radius 2 is 2.10 bits per heavy atom. The number of amides is 1. The smallest absolute Gasteiger partial charge is 0.229 e. The fourth-order valence-electron chi connectivity index (χ4n) is 2.49. The van der Waals surface area contributed by atoms with Crippen molar-refractivity contribution in [2.24, 2.45) is 5.92 Å². The van der Waals surface area contributed by atoms with Gasteiger partial charge in [0, 0.05) is 36.8 Å².